The molecule has 0 aromatic heterocycles. The lowest BCUT2D eigenvalue weighted by molar-refractivity contribution is -0.115. The SMILES string of the molecule is COc1ccccc1N1C(=O)CSC1c1ccc(Oc2ccccc2)cc1. The summed E-state index contributed by atoms with van der Waals surface area (Å²) in [5.41, 5.74) is 1.85. The molecule has 0 aliphatic carbocycles. The number of carbonyl (C=O) groups is 1. The molecule has 4 nitrogen and oxygen atoms in total. The topological polar surface area (TPSA) is 38.8 Å². The Kier molecular flexibility index (Phi) is 5.03. The number of hydrogen-bond donors (Lipinski definition) is 0. The van der Waals surface area contributed by atoms with Crippen molar-refractivity contribution in [1.29, 1.82) is 0 Å². The first kappa shape index (κ1) is 17.5. The van der Waals surface area contributed by atoms with E-state index in [4.69, 9.17) is 9.47 Å². The van der Waals surface area contributed by atoms with E-state index in [2.05, 4.69) is 0 Å². The molecule has 0 spiro atoms. The lowest BCUT2D eigenvalue weighted by atomic mass is 10.1. The number of anilines is 1. The number of ether oxygens (including phenoxy) is 2. The van der Waals surface area contributed by atoms with Gasteiger partial charge in [-0.15, -0.1) is 11.8 Å². The second-order valence-electron chi connectivity index (χ2n) is 6.08. The van der Waals surface area contributed by atoms with E-state index in [-0.39, 0.29) is 11.3 Å². The fraction of sp³-hybridized carbons (Fsp3) is 0.136. The molecule has 1 heterocycles. The summed E-state index contributed by atoms with van der Waals surface area (Å²) >= 11 is 1.62. The summed E-state index contributed by atoms with van der Waals surface area (Å²) in [6, 6.07) is 25.2. The monoisotopic (exact) mass is 377 g/mol. The van der Waals surface area contributed by atoms with Gasteiger partial charge in [-0.1, -0.05) is 42.5 Å². The van der Waals surface area contributed by atoms with Gasteiger partial charge in [0.2, 0.25) is 5.91 Å². The highest BCUT2D eigenvalue weighted by atomic mass is 32.2. The standard InChI is InChI=1S/C22H19NO3S/c1-25-20-10-6-5-9-19(20)23-21(24)15-27-22(23)16-11-13-18(14-12-16)26-17-7-3-2-4-8-17/h2-14,22H,15H2,1H3. The van der Waals surface area contributed by atoms with Crippen molar-refractivity contribution in [3.63, 3.8) is 0 Å². The predicted octanol–water partition coefficient (Wildman–Crippen LogP) is 5.27. The van der Waals surface area contributed by atoms with Crippen molar-refractivity contribution in [3.05, 3.63) is 84.4 Å². The van der Waals surface area contributed by atoms with Gasteiger partial charge in [0.15, 0.2) is 0 Å². The second kappa shape index (κ2) is 7.76. The molecule has 4 rings (SSSR count). The van der Waals surface area contributed by atoms with E-state index in [0.29, 0.717) is 11.5 Å². The van der Waals surface area contributed by atoms with Gasteiger partial charge in [0.05, 0.1) is 18.6 Å². The van der Waals surface area contributed by atoms with Crippen molar-refractivity contribution in [3.8, 4) is 17.2 Å². The number of carbonyl (C=O) groups excluding carboxylic acids is 1. The third kappa shape index (κ3) is 3.64. The van der Waals surface area contributed by atoms with Crippen LogP contribution in [0.25, 0.3) is 0 Å². The van der Waals surface area contributed by atoms with E-state index >= 15 is 0 Å². The van der Waals surface area contributed by atoms with Gasteiger partial charge < -0.3 is 9.47 Å². The molecule has 1 saturated heterocycles. The minimum Gasteiger partial charge on any atom is -0.495 e. The van der Waals surface area contributed by atoms with Crippen molar-refractivity contribution in [2.24, 2.45) is 0 Å². The quantitative estimate of drug-likeness (QED) is 0.607. The first-order valence-electron chi connectivity index (χ1n) is 8.66. The number of methoxy groups -OCH3 is 1. The van der Waals surface area contributed by atoms with Crippen molar-refractivity contribution in [1.82, 2.24) is 0 Å². The molecule has 1 aliphatic heterocycles. The van der Waals surface area contributed by atoms with Gasteiger partial charge in [0, 0.05) is 0 Å². The Morgan fingerprint density at radius 2 is 1.56 bits per heavy atom. The van der Waals surface area contributed by atoms with E-state index in [1.54, 1.807) is 18.9 Å². The summed E-state index contributed by atoms with van der Waals surface area (Å²) in [6.07, 6.45) is 0. The number of nitrogens with zero attached hydrogens (tertiary/aromatic N) is 1. The van der Waals surface area contributed by atoms with Crippen molar-refractivity contribution < 1.29 is 14.3 Å². The Balaban J connectivity index is 1.59. The molecule has 1 unspecified atom stereocenters. The summed E-state index contributed by atoms with van der Waals surface area (Å²) in [5, 5.41) is -0.0837. The van der Waals surface area contributed by atoms with E-state index in [1.165, 1.54) is 0 Å². The van der Waals surface area contributed by atoms with Crippen molar-refractivity contribution in [2.45, 2.75) is 5.37 Å². The second-order valence-corrected chi connectivity index (χ2v) is 7.15. The number of hydrogen-bond acceptors (Lipinski definition) is 4. The van der Waals surface area contributed by atoms with Gasteiger partial charge in [-0.25, -0.2) is 0 Å². The highest BCUT2D eigenvalue weighted by molar-refractivity contribution is 8.00. The Bertz CT molecular complexity index is 928. The zero-order valence-corrected chi connectivity index (χ0v) is 15.7. The van der Waals surface area contributed by atoms with Gasteiger partial charge >= 0.3 is 0 Å². The Morgan fingerprint density at radius 1 is 0.889 bits per heavy atom. The minimum atomic E-state index is -0.0837. The third-order valence-electron chi connectivity index (χ3n) is 4.36. The molecule has 27 heavy (non-hydrogen) atoms. The molecule has 0 N–H and O–H groups in total. The normalized spacial score (nSPS) is 16.4. The van der Waals surface area contributed by atoms with E-state index in [0.717, 1.165) is 22.7 Å². The summed E-state index contributed by atoms with van der Waals surface area (Å²) in [6.45, 7) is 0. The zero-order valence-electron chi connectivity index (χ0n) is 14.9. The fourth-order valence-corrected chi connectivity index (χ4v) is 4.25. The van der Waals surface area contributed by atoms with Crippen LogP contribution in [0.15, 0.2) is 78.9 Å². The van der Waals surface area contributed by atoms with E-state index in [1.807, 2.05) is 83.8 Å². The summed E-state index contributed by atoms with van der Waals surface area (Å²) in [7, 11) is 1.62. The molecule has 5 heteroatoms. The van der Waals surface area contributed by atoms with Crippen molar-refractivity contribution in [2.75, 3.05) is 17.8 Å². The molecule has 136 valence electrons. The number of amides is 1. The molecule has 0 bridgehead atoms. The number of thioether (sulfide) groups is 1. The molecule has 3 aromatic rings. The molecular formula is C22H19NO3S. The molecule has 3 aromatic carbocycles. The average Bonchev–Trinajstić information content (AvgIpc) is 3.10. The van der Waals surface area contributed by atoms with Crippen LogP contribution in [0, 0.1) is 0 Å². The summed E-state index contributed by atoms with van der Waals surface area (Å²) in [5.74, 6) is 2.79. The Morgan fingerprint density at radius 3 is 2.30 bits per heavy atom. The van der Waals surface area contributed by atoms with Gasteiger partial charge in [0.1, 0.15) is 22.6 Å². The van der Waals surface area contributed by atoms with E-state index < -0.39 is 0 Å². The number of para-hydroxylation sites is 3. The molecule has 0 radical (unpaired) electrons. The van der Waals surface area contributed by atoms with Gasteiger partial charge in [-0.05, 0) is 42.0 Å². The lowest BCUT2D eigenvalue weighted by Gasteiger charge is -2.26. The minimum absolute atomic E-state index is 0.0825. The fourth-order valence-electron chi connectivity index (χ4n) is 3.08. The lowest BCUT2D eigenvalue weighted by Crippen LogP contribution is -2.28. The molecular weight excluding hydrogens is 358 g/mol. The maximum atomic E-state index is 12.6. The third-order valence-corrected chi connectivity index (χ3v) is 5.57. The van der Waals surface area contributed by atoms with Crippen LogP contribution >= 0.6 is 11.8 Å². The Labute approximate surface area is 162 Å². The largest absolute Gasteiger partial charge is 0.495 e. The van der Waals surface area contributed by atoms with E-state index in [9.17, 15) is 4.79 Å². The van der Waals surface area contributed by atoms with Crippen LogP contribution in [0.5, 0.6) is 17.2 Å². The van der Waals surface area contributed by atoms with Gasteiger partial charge in [0.25, 0.3) is 0 Å². The number of rotatable bonds is 5. The number of benzene rings is 3. The summed E-state index contributed by atoms with van der Waals surface area (Å²) in [4.78, 5) is 14.4. The van der Waals surface area contributed by atoms with Gasteiger partial charge in [-0.3, -0.25) is 9.69 Å². The van der Waals surface area contributed by atoms with Gasteiger partial charge in [-0.2, -0.15) is 0 Å². The van der Waals surface area contributed by atoms with Crippen LogP contribution in [0.4, 0.5) is 5.69 Å². The molecule has 0 saturated carbocycles. The van der Waals surface area contributed by atoms with Crippen LogP contribution in [0.1, 0.15) is 10.9 Å². The smallest absolute Gasteiger partial charge is 0.238 e. The van der Waals surface area contributed by atoms with Crippen LogP contribution in [-0.4, -0.2) is 18.8 Å². The highest BCUT2D eigenvalue weighted by Crippen LogP contribution is 2.45. The Hall–Kier alpha value is -2.92. The zero-order chi connectivity index (χ0) is 18.6. The molecule has 1 aliphatic rings. The average molecular weight is 377 g/mol. The first-order valence-corrected chi connectivity index (χ1v) is 9.70. The molecule has 1 atom stereocenters. The van der Waals surface area contributed by atoms with Crippen LogP contribution < -0.4 is 14.4 Å². The maximum Gasteiger partial charge on any atom is 0.238 e. The van der Waals surface area contributed by atoms with Crippen LogP contribution in [0.2, 0.25) is 0 Å². The predicted molar refractivity (Wildman–Crippen MR) is 109 cm³/mol. The van der Waals surface area contributed by atoms with Crippen molar-refractivity contribution >= 4 is 23.4 Å². The maximum absolute atomic E-state index is 12.6. The first-order chi connectivity index (χ1) is 13.3. The highest BCUT2D eigenvalue weighted by Gasteiger charge is 2.35. The van der Waals surface area contributed by atoms with Crippen LogP contribution in [0.3, 0.4) is 0 Å². The molecule has 1 amide bonds. The summed E-state index contributed by atoms with van der Waals surface area (Å²) < 4.78 is 11.3. The molecule has 1 fully saturated rings. The van der Waals surface area contributed by atoms with Crippen LogP contribution in [-0.2, 0) is 4.79 Å².